The Kier molecular flexibility index (Phi) is 6.17. The molecule has 0 aliphatic rings. The fraction of sp³-hybridized carbons (Fsp3) is 0.160. The van der Waals surface area contributed by atoms with Gasteiger partial charge in [0, 0.05) is 27.8 Å². The first kappa shape index (κ1) is 22.3. The number of thioether (sulfide) groups is 1. The standard InChI is InChI=1S/C25H20ClN3O4S/c1-15-9-22-20(12-21(15)26)17(11-23(30)33-22)14-34-25-28-27-24(16-5-3-6-18(10-16)31-2)29(25)13-19-7-4-8-32-19/h3-12H,13-14H2,1-2H3. The molecule has 7 nitrogen and oxygen atoms in total. The maximum atomic E-state index is 12.2. The van der Waals surface area contributed by atoms with Crippen LogP contribution in [0.15, 0.2) is 79.6 Å². The highest BCUT2D eigenvalue weighted by atomic mass is 35.5. The molecule has 0 saturated heterocycles. The van der Waals surface area contributed by atoms with Crippen molar-refractivity contribution in [3.05, 3.63) is 93.2 Å². The summed E-state index contributed by atoms with van der Waals surface area (Å²) >= 11 is 7.82. The van der Waals surface area contributed by atoms with E-state index in [9.17, 15) is 4.79 Å². The van der Waals surface area contributed by atoms with Gasteiger partial charge in [-0.15, -0.1) is 10.2 Å². The van der Waals surface area contributed by atoms with Gasteiger partial charge in [0.1, 0.15) is 17.1 Å². The van der Waals surface area contributed by atoms with Gasteiger partial charge < -0.3 is 13.6 Å². The van der Waals surface area contributed by atoms with E-state index in [4.69, 9.17) is 25.2 Å². The van der Waals surface area contributed by atoms with Crippen LogP contribution < -0.4 is 10.4 Å². The number of hydrogen-bond donors (Lipinski definition) is 0. The zero-order valence-electron chi connectivity index (χ0n) is 18.4. The molecule has 2 aromatic carbocycles. The second-order valence-corrected chi connectivity index (χ2v) is 9.03. The lowest BCUT2D eigenvalue weighted by molar-refractivity contribution is 0.415. The van der Waals surface area contributed by atoms with E-state index < -0.39 is 5.63 Å². The van der Waals surface area contributed by atoms with Gasteiger partial charge in [-0.2, -0.15) is 0 Å². The number of nitrogens with zero attached hydrogens (tertiary/aromatic N) is 3. The van der Waals surface area contributed by atoms with E-state index in [-0.39, 0.29) is 0 Å². The first-order valence-corrected chi connectivity index (χ1v) is 11.8. The van der Waals surface area contributed by atoms with Gasteiger partial charge in [0.05, 0.1) is 19.9 Å². The SMILES string of the molecule is COc1cccc(-c2nnc(SCc3cc(=O)oc4cc(C)c(Cl)cc34)n2Cc2ccco2)c1. The summed E-state index contributed by atoms with van der Waals surface area (Å²) in [6.07, 6.45) is 1.64. The molecule has 5 aromatic rings. The highest BCUT2D eigenvalue weighted by Gasteiger charge is 2.18. The largest absolute Gasteiger partial charge is 0.497 e. The number of hydrogen-bond acceptors (Lipinski definition) is 7. The third-order valence-corrected chi connectivity index (χ3v) is 6.83. The summed E-state index contributed by atoms with van der Waals surface area (Å²) in [5, 5.41) is 11.0. The van der Waals surface area contributed by atoms with Crippen LogP contribution in [0.2, 0.25) is 5.02 Å². The molecule has 0 fully saturated rings. The Labute approximate surface area is 204 Å². The van der Waals surface area contributed by atoms with Crippen LogP contribution in [0, 0.1) is 6.92 Å². The van der Waals surface area contributed by atoms with Crippen molar-refractivity contribution in [1.29, 1.82) is 0 Å². The number of fused-ring (bicyclic) bond motifs is 1. The second kappa shape index (κ2) is 9.40. The van der Waals surface area contributed by atoms with Crippen LogP contribution in [-0.4, -0.2) is 21.9 Å². The molecule has 0 radical (unpaired) electrons. The molecule has 0 aliphatic carbocycles. The molecular formula is C25H20ClN3O4S. The summed E-state index contributed by atoms with van der Waals surface area (Å²) < 4.78 is 18.3. The van der Waals surface area contributed by atoms with E-state index in [1.165, 1.54) is 17.8 Å². The Morgan fingerprint density at radius 1 is 1.12 bits per heavy atom. The summed E-state index contributed by atoms with van der Waals surface area (Å²) in [4.78, 5) is 12.2. The lowest BCUT2D eigenvalue weighted by Gasteiger charge is -2.10. The number of halogens is 1. The molecular weight excluding hydrogens is 474 g/mol. The van der Waals surface area contributed by atoms with Crippen molar-refractivity contribution in [2.45, 2.75) is 24.4 Å². The molecule has 0 N–H and O–H groups in total. The predicted molar refractivity (Wildman–Crippen MR) is 132 cm³/mol. The Hall–Kier alpha value is -3.49. The van der Waals surface area contributed by atoms with Crippen LogP contribution in [0.3, 0.4) is 0 Å². The van der Waals surface area contributed by atoms with Crippen LogP contribution in [0.1, 0.15) is 16.9 Å². The van der Waals surface area contributed by atoms with E-state index in [0.717, 1.165) is 33.6 Å². The monoisotopic (exact) mass is 493 g/mol. The van der Waals surface area contributed by atoms with E-state index in [0.29, 0.717) is 33.9 Å². The normalized spacial score (nSPS) is 11.3. The summed E-state index contributed by atoms with van der Waals surface area (Å²) in [6.45, 7) is 2.33. The number of aromatic nitrogens is 3. The van der Waals surface area contributed by atoms with Crippen LogP contribution in [0.4, 0.5) is 0 Å². The summed E-state index contributed by atoms with van der Waals surface area (Å²) in [6, 6.07) is 16.5. The zero-order chi connectivity index (χ0) is 23.7. The van der Waals surface area contributed by atoms with Gasteiger partial charge in [-0.3, -0.25) is 4.57 Å². The van der Waals surface area contributed by atoms with Crippen molar-refractivity contribution in [1.82, 2.24) is 14.8 Å². The van der Waals surface area contributed by atoms with E-state index in [1.54, 1.807) is 19.4 Å². The molecule has 0 bridgehead atoms. The second-order valence-electron chi connectivity index (χ2n) is 7.68. The number of aryl methyl sites for hydroxylation is 1. The predicted octanol–water partition coefficient (Wildman–Crippen LogP) is 5.96. The summed E-state index contributed by atoms with van der Waals surface area (Å²) in [7, 11) is 1.63. The number of benzene rings is 2. The topological polar surface area (TPSA) is 83.3 Å². The zero-order valence-corrected chi connectivity index (χ0v) is 20.0. The summed E-state index contributed by atoms with van der Waals surface area (Å²) in [5.41, 5.74) is 2.65. The highest BCUT2D eigenvalue weighted by molar-refractivity contribution is 7.98. The Bertz CT molecular complexity index is 1530. The van der Waals surface area contributed by atoms with Crippen LogP contribution in [0.25, 0.3) is 22.4 Å². The van der Waals surface area contributed by atoms with Crippen LogP contribution >= 0.6 is 23.4 Å². The van der Waals surface area contributed by atoms with Crippen LogP contribution in [0.5, 0.6) is 5.75 Å². The lowest BCUT2D eigenvalue weighted by atomic mass is 10.1. The summed E-state index contributed by atoms with van der Waals surface area (Å²) in [5.74, 6) is 2.68. The minimum Gasteiger partial charge on any atom is -0.497 e. The quantitative estimate of drug-likeness (QED) is 0.204. The van der Waals surface area contributed by atoms with Gasteiger partial charge >= 0.3 is 5.63 Å². The Morgan fingerprint density at radius 2 is 2.00 bits per heavy atom. The third-order valence-electron chi connectivity index (χ3n) is 5.41. The minimum absolute atomic E-state index is 0.404. The Balaban J connectivity index is 1.52. The molecule has 0 unspecified atom stereocenters. The average Bonchev–Trinajstić information content (AvgIpc) is 3.49. The van der Waals surface area contributed by atoms with Gasteiger partial charge in [0.2, 0.25) is 0 Å². The van der Waals surface area contributed by atoms with Crippen molar-refractivity contribution < 1.29 is 13.6 Å². The van der Waals surface area contributed by atoms with Crippen molar-refractivity contribution in [2.24, 2.45) is 0 Å². The van der Waals surface area contributed by atoms with Gasteiger partial charge in [-0.25, -0.2) is 4.79 Å². The van der Waals surface area contributed by atoms with E-state index in [2.05, 4.69) is 10.2 Å². The molecule has 9 heteroatoms. The fourth-order valence-electron chi connectivity index (χ4n) is 3.68. The first-order chi connectivity index (χ1) is 16.5. The number of ether oxygens (including phenoxy) is 1. The smallest absolute Gasteiger partial charge is 0.336 e. The minimum atomic E-state index is -0.404. The Morgan fingerprint density at radius 3 is 2.79 bits per heavy atom. The van der Waals surface area contributed by atoms with Gasteiger partial charge in [-0.05, 0) is 54.4 Å². The maximum Gasteiger partial charge on any atom is 0.336 e. The molecule has 0 saturated carbocycles. The molecule has 34 heavy (non-hydrogen) atoms. The molecule has 0 aliphatic heterocycles. The van der Waals surface area contributed by atoms with Gasteiger partial charge in [-0.1, -0.05) is 35.5 Å². The number of methoxy groups -OCH3 is 1. The number of furan rings is 1. The van der Waals surface area contributed by atoms with Gasteiger partial charge in [0.25, 0.3) is 0 Å². The van der Waals surface area contributed by atoms with E-state index >= 15 is 0 Å². The molecule has 0 amide bonds. The first-order valence-electron chi connectivity index (χ1n) is 10.5. The van der Waals surface area contributed by atoms with Crippen molar-refractivity contribution >= 4 is 34.3 Å². The third kappa shape index (κ3) is 4.47. The molecule has 172 valence electrons. The van der Waals surface area contributed by atoms with Crippen molar-refractivity contribution in [3.8, 4) is 17.1 Å². The highest BCUT2D eigenvalue weighted by Crippen LogP contribution is 2.32. The molecule has 0 spiro atoms. The van der Waals surface area contributed by atoms with Crippen molar-refractivity contribution in [3.63, 3.8) is 0 Å². The maximum absolute atomic E-state index is 12.2. The molecule has 3 aromatic heterocycles. The lowest BCUT2D eigenvalue weighted by Crippen LogP contribution is -2.04. The van der Waals surface area contributed by atoms with Gasteiger partial charge in [0.15, 0.2) is 11.0 Å². The molecule has 3 heterocycles. The van der Waals surface area contributed by atoms with Crippen LogP contribution in [-0.2, 0) is 12.3 Å². The van der Waals surface area contributed by atoms with Crippen molar-refractivity contribution in [2.75, 3.05) is 7.11 Å². The average molecular weight is 494 g/mol. The number of rotatable bonds is 7. The van der Waals surface area contributed by atoms with E-state index in [1.807, 2.05) is 54.0 Å². The fourth-order valence-corrected chi connectivity index (χ4v) is 4.77. The molecule has 5 rings (SSSR count). The molecule has 0 atom stereocenters.